The minimum absolute atomic E-state index is 0. The second kappa shape index (κ2) is 6.97. The van der Waals surface area contributed by atoms with Crippen LogP contribution in [0.2, 0.25) is 0 Å². The molecule has 1 aliphatic rings. The van der Waals surface area contributed by atoms with Crippen LogP contribution in [0.3, 0.4) is 0 Å². The number of hydrogen-bond acceptors (Lipinski definition) is 3. The average Bonchev–Trinajstić information content (AvgIpc) is 2.84. The van der Waals surface area contributed by atoms with Crippen LogP contribution in [-0.2, 0) is 11.3 Å². The summed E-state index contributed by atoms with van der Waals surface area (Å²) in [4.78, 5) is 11.7. The quantitative estimate of drug-likeness (QED) is 0.892. The fourth-order valence-corrected chi connectivity index (χ4v) is 2.56. The van der Waals surface area contributed by atoms with Crippen molar-refractivity contribution in [2.24, 2.45) is 0 Å². The van der Waals surface area contributed by atoms with E-state index in [2.05, 4.69) is 10.6 Å². The fraction of sp³-hybridized carbons (Fsp3) is 0.417. The number of nitrogens with one attached hydrogen (secondary N) is 2. The Hall–Kier alpha value is -0.780. The second-order valence-electron chi connectivity index (χ2n) is 4.07. The van der Waals surface area contributed by atoms with Crippen molar-refractivity contribution in [1.82, 2.24) is 10.6 Å². The highest BCUT2D eigenvalue weighted by molar-refractivity contribution is 7.99. The van der Waals surface area contributed by atoms with Gasteiger partial charge >= 0.3 is 0 Å². The van der Waals surface area contributed by atoms with Crippen molar-refractivity contribution in [1.29, 1.82) is 0 Å². The molecule has 0 saturated carbocycles. The van der Waals surface area contributed by atoms with E-state index >= 15 is 0 Å². The SMILES string of the molecule is Cc1ccc(CNC(=O)C2CSCN2)cc1F.Cl. The minimum atomic E-state index is -0.230. The number of hydrogen-bond donors (Lipinski definition) is 2. The van der Waals surface area contributed by atoms with Gasteiger partial charge in [0, 0.05) is 18.2 Å². The highest BCUT2D eigenvalue weighted by atomic mass is 35.5. The van der Waals surface area contributed by atoms with E-state index in [1.165, 1.54) is 6.07 Å². The molecule has 0 aromatic heterocycles. The van der Waals surface area contributed by atoms with Gasteiger partial charge < -0.3 is 5.32 Å². The lowest BCUT2D eigenvalue weighted by Gasteiger charge is -2.10. The molecule has 1 aliphatic heterocycles. The zero-order chi connectivity index (χ0) is 12.3. The van der Waals surface area contributed by atoms with E-state index in [1.807, 2.05) is 6.07 Å². The lowest BCUT2D eigenvalue weighted by molar-refractivity contribution is -0.122. The molecule has 0 bridgehead atoms. The van der Waals surface area contributed by atoms with Crippen molar-refractivity contribution in [2.75, 3.05) is 11.6 Å². The van der Waals surface area contributed by atoms with Gasteiger partial charge in [0.2, 0.25) is 5.91 Å². The van der Waals surface area contributed by atoms with E-state index in [9.17, 15) is 9.18 Å². The number of halogens is 2. The first-order chi connectivity index (χ1) is 8.16. The molecular formula is C12H16ClFN2OS. The smallest absolute Gasteiger partial charge is 0.238 e. The van der Waals surface area contributed by atoms with Gasteiger partial charge in [-0.1, -0.05) is 12.1 Å². The number of aryl methyl sites for hydroxylation is 1. The van der Waals surface area contributed by atoms with Crippen LogP contribution in [0.15, 0.2) is 18.2 Å². The zero-order valence-corrected chi connectivity index (χ0v) is 11.7. The van der Waals surface area contributed by atoms with Crippen LogP contribution in [0.1, 0.15) is 11.1 Å². The first-order valence-electron chi connectivity index (χ1n) is 5.50. The number of benzene rings is 1. The molecule has 1 saturated heterocycles. The summed E-state index contributed by atoms with van der Waals surface area (Å²) in [5.41, 5.74) is 1.40. The molecule has 1 atom stereocenters. The van der Waals surface area contributed by atoms with Gasteiger partial charge in [-0.15, -0.1) is 24.2 Å². The Kier molecular flexibility index (Phi) is 5.91. The largest absolute Gasteiger partial charge is 0.351 e. The summed E-state index contributed by atoms with van der Waals surface area (Å²) in [6, 6.07) is 4.90. The third-order valence-electron chi connectivity index (χ3n) is 2.74. The van der Waals surface area contributed by atoms with Gasteiger partial charge in [-0.2, -0.15) is 0 Å². The van der Waals surface area contributed by atoms with Crippen molar-refractivity contribution in [3.05, 3.63) is 35.1 Å². The molecule has 1 unspecified atom stereocenters. The Labute approximate surface area is 116 Å². The molecule has 2 N–H and O–H groups in total. The molecule has 1 amide bonds. The van der Waals surface area contributed by atoms with Crippen molar-refractivity contribution >= 4 is 30.1 Å². The summed E-state index contributed by atoms with van der Waals surface area (Å²) in [6.07, 6.45) is 0. The summed E-state index contributed by atoms with van der Waals surface area (Å²) in [7, 11) is 0. The number of carbonyl (C=O) groups excluding carboxylic acids is 1. The Morgan fingerprint density at radius 3 is 3.00 bits per heavy atom. The van der Waals surface area contributed by atoms with Gasteiger partial charge in [0.15, 0.2) is 0 Å². The topological polar surface area (TPSA) is 41.1 Å². The van der Waals surface area contributed by atoms with Gasteiger partial charge in [-0.25, -0.2) is 4.39 Å². The van der Waals surface area contributed by atoms with Crippen LogP contribution in [0.5, 0.6) is 0 Å². The van der Waals surface area contributed by atoms with Crippen molar-refractivity contribution in [3.8, 4) is 0 Å². The molecule has 0 spiro atoms. The van der Waals surface area contributed by atoms with Gasteiger partial charge in [0.05, 0.1) is 6.04 Å². The summed E-state index contributed by atoms with van der Waals surface area (Å²) >= 11 is 1.70. The molecule has 0 radical (unpaired) electrons. The number of carbonyl (C=O) groups is 1. The molecule has 1 aromatic carbocycles. The predicted molar refractivity (Wildman–Crippen MR) is 74.5 cm³/mol. The lowest BCUT2D eigenvalue weighted by atomic mass is 10.1. The number of thioether (sulfide) groups is 1. The van der Waals surface area contributed by atoms with Gasteiger partial charge in [0.1, 0.15) is 5.82 Å². The van der Waals surface area contributed by atoms with Gasteiger partial charge in [-0.05, 0) is 24.1 Å². The molecule has 0 aliphatic carbocycles. The monoisotopic (exact) mass is 290 g/mol. The molecule has 100 valence electrons. The van der Waals surface area contributed by atoms with E-state index in [0.29, 0.717) is 12.1 Å². The maximum absolute atomic E-state index is 13.3. The van der Waals surface area contributed by atoms with Crippen LogP contribution in [0.25, 0.3) is 0 Å². The summed E-state index contributed by atoms with van der Waals surface area (Å²) < 4.78 is 13.3. The normalized spacial score (nSPS) is 18.2. The van der Waals surface area contributed by atoms with E-state index < -0.39 is 0 Å². The highest BCUT2D eigenvalue weighted by Gasteiger charge is 2.21. The number of rotatable bonds is 3. The van der Waals surface area contributed by atoms with E-state index in [0.717, 1.165) is 17.2 Å². The Balaban J connectivity index is 0.00000162. The standard InChI is InChI=1S/C12H15FN2OS.ClH/c1-8-2-3-9(4-10(8)13)5-14-12(16)11-6-17-7-15-11;/h2-4,11,15H,5-7H2,1H3,(H,14,16);1H. The lowest BCUT2D eigenvalue weighted by Crippen LogP contribution is -2.41. The van der Waals surface area contributed by atoms with E-state index in [-0.39, 0.29) is 30.2 Å². The Morgan fingerprint density at radius 2 is 2.39 bits per heavy atom. The van der Waals surface area contributed by atoms with E-state index in [1.54, 1.807) is 24.8 Å². The van der Waals surface area contributed by atoms with Gasteiger partial charge in [0.25, 0.3) is 0 Å². The van der Waals surface area contributed by atoms with Gasteiger partial charge in [-0.3, -0.25) is 10.1 Å². The van der Waals surface area contributed by atoms with Crippen LogP contribution < -0.4 is 10.6 Å². The second-order valence-corrected chi connectivity index (χ2v) is 5.10. The number of amides is 1. The predicted octanol–water partition coefficient (Wildman–Crippen LogP) is 1.83. The third kappa shape index (κ3) is 3.86. The van der Waals surface area contributed by atoms with E-state index in [4.69, 9.17) is 0 Å². The molecule has 18 heavy (non-hydrogen) atoms. The molecule has 6 heteroatoms. The van der Waals surface area contributed by atoms with Crippen LogP contribution in [0.4, 0.5) is 4.39 Å². The minimum Gasteiger partial charge on any atom is -0.351 e. The van der Waals surface area contributed by atoms with Crippen molar-refractivity contribution in [3.63, 3.8) is 0 Å². The Bertz CT molecular complexity index is 425. The molecule has 1 aromatic rings. The molecular weight excluding hydrogens is 275 g/mol. The van der Waals surface area contributed by atoms with Crippen LogP contribution >= 0.6 is 24.2 Å². The van der Waals surface area contributed by atoms with Crippen molar-refractivity contribution < 1.29 is 9.18 Å². The molecule has 2 rings (SSSR count). The summed E-state index contributed by atoms with van der Waals surface area (Å²) in [5.74, 6) is 1.37. The Morgan fingerprint density at radius 1 is 1.61 bits per heavy atom. The van der Waals surface area contributed by atoms with Crippen LogP contribution in [0, 0.1) is 12.7 Å². The molecule has 1 heterocycles. The summed E-state index contributed by atoms with van der Waals surface area (Å²) in [5, 5.41) is 5.90. The van der Waals surface area contributed by atoms with Crippen LogP contribution in [-0.4, -0.2) is 23.6 Å². The zero-order valence-electron chi connectivity index (χ0n) is 10.0. The third-order valence-corrected chi connectivity index (χ3v) is 3.68. The maximum atomic E-state index is 13.3. The average molecular weight is 291 g/mol. The van der Waals surface area contributed by atoms with Crippen molar-refractivity contribution in [2.45, 2.75) is 19.5 Å². The maximum Gasteiger partial charge on any atom is 0.238 e. The first kappa shape index (κ1) is 15.3. The highest BCUT2D eigenvalue weighted by Crippen LogP contribution is 2.11. The molecule has 3 nitrogen and oxygen atoms in total. The summed E-state index contributed by atoms with van der Waals surface area (Å²) in [6.45, 7) is 2.09. The first-order valence-corrected chi connectivity index (χ1v) is 6.66. The fourth-order valence-electron chi connectivity index (χ4n) is 1.62. The molecule has 1 fully saturated rings.